The molecule has 1 atom stereocenters. The SMILES string of the molecule is CCC1CC(=O)N(Cc2ccc(NC(=O)c3cccnc3)cc2)N=C1c1ccc(S(C)(=O)=O)cc1. The van der Waals surface area contributed by atoms with Crippen molar-refractivity contribution in [3.63, 3.8) is 0 Å². The molecule has 0 fully saturated rings. The highest BCUT2D eigenvalue weighted by Gasteiger charge is 2.29. The van der Waals surface area contributed by atoms with Crippen LogP contribution >= 0.6 is 0 Å². The molecule has 9 heteroatoms. The minimum absolute atomic E-state index is 0.0344. The second kappa shape index (κ2) is 10.2. The summed E-state index contributed by atoms with van der Waals surface area (Å²) < 4.78 is 23.6. The Labute approximate surface area is 204 Å². The van der Waals surface area contributed by atoms with Crippen LogP contribution in [0.4, 0.5) is 5.69 Å². The molecule has 0 saturated carbocycles. The molecule has 1 aliphatic rings. The molecule has 0 spiro atoms. The second-order valence-electron chi connectivity index (χ2n) is 8.44. The van der Waals surface area contributed by atoms with Crippen LogP contribution < -0.4 is 5.32 Å². The van der Waals surface area contributed by atoms with E-state index >= 15 is 0 Å². The van der Waals surface area contributed by atoms with Crippen molar-refractivity contribution in [2.24, 2.45) is 11.0 Å². The summed E-state index contributed by atoms with van der Waals surface area (Å²) in [4.78, 5) is 29.3. The first kappa shape index (κ1) is 24.3. The summed E-state index contributed by atoms with van der Waals surface area (Å²) in [6, 6.07) is 17.2. The van der Waals surface area contributed by atoms with Crippen LogP contribution in [-0.2, 0) is 21.2 Å². The van der Waals surface area contributed by atoms with Crippen LogP contribution in [0.25, 0.3) is 0 Å². The average molecular weight is 491 g/mol. The van der Waals surface area contributed by atoms with E-state index in [1.165, 1.54) is 17.5 Å². The molecule has 1 aliphatic heterocycles. The van der Waals surface area contributed by atoms with Gasteiger partial charge in [0, 0.05) is 36.7 Å². The number of hydrogen-bond donors (Lipinski definition) is 1. The average Bonchev–Trinajstić information content (AvgIpc) is 2.86. The maximum atomic E-state index is 12.8. The van der Waals surface area contributed by atoms with E-state index in [-0.39, 0.29) is 29.2 Å². The summed E-state index contributed by atoms with van der Waals surface area (Å²) in [5, 5.41) is 8.94. The number of carbonyl (C=O) groups is 2. The van der Waals surface area contributed by atoms with Crippen LogP contribution in [0, 0.1) is 5.92 Å². The van der Waals surface area contributed by atoms with Gasteiger partial charge in [0.15, 0.2) is 9.84 Å². The fraction of sp³-hybridized carbons (Fsp3) is 0.231. The number of nitrogens with one attached hydrogen (secondary N) is 1. The van der Waals surface area contributed by atoms with Crippen LogP contribution in [0.15, 0.2) is 83.1 Å². The zero-order valence-corrected chi connectivity index (χ0v) is 20.3. The highest BCUT2D eigenvalue weighted by Crippen LogP contribution is 2.26. The fourth-order valence-corrected chi connectivity index (χ4v) is 4.51. The summed E-state index contributed by atoms with van der Waals surface area (Å²) in [7, 11) is -3.29. The lowest BCUT2D eigenvalue weighted by atomic mass is 9.90. The number of amides is 2. The molecule has 1 aromatic heterocycles. The highest BCUT2D eigenvalue weighted by atomic mass is 32.2. The number of aromatic nitrogens is 1. The van der Waals surface area contributed by atoms with Gasteiger partial charge in [-0.3, -0.25) is 14.6 Å². The second-order valence-corrected chi connectivity index (χ2v) is 10.5. The molecule has 3 aromatic rings. The number of hydrogen-bond acceptors (Lipinski definition) is 6. The van der Waals surface area contributed by atoms with E-state index < -0.39 is 9.84 Å². The van der Waals surface area contributed by atoms with Gasteiger partial charge >= 0.3 is 0 Å². The maximum absolute atomic E-state index is 12.8. The summed E-state index contributed by atoms with van der Waals surface area (Å²) in [6.45, 7) is 2.30. The lowest BCUT2D eigenvalue weighted by Crippen LogP contribution is -2.36. The molecule has 0 radical (unpaired) electrons. The Bertz CT molecular complexity index is 1350. The van der Waals surface area contributed by atoms with Gasteiger partial charge in [0.25, 0.3) is 5.91 Å². The lowest BCUT2D eigenvalue weighted by molar-refractivity contribution is -0.133. The molecule has 2 amide bonds. The summed E-state index contributed by atoms with van der Waals surface area (Å²) in [6.07, 6.45) is 5.36. The molecule has 8 nitrogen and oxygen atoms in total. The van der Waals surface area contributed by atoms with E-state index in [0.29, 0.717) is 17.7 Å². The van der Waals surface area contributed by atoms with Gasteiger partial charge in [0.1, 0.15) is 0 Å². The zero-order chi connectivity index (χ0) is 25.0. The fourth-order valence-electron chi connectivity index (χ4n) is 3.87. The summed E-state index contributed by atoms with van der Waals surface area (Å²) in [5.74, 6) is -0.353. The monoisotopic (exact) mass is 490 g/mol. The van der Waals surface area contributed by atoms with Gasteiger partial charge in [-0.25, -0.2) is 13.4 Å². The molecule has 0 saturated heterocycles. The number of benzene rings is 2. The molecular weight excluding hydrogens is 464 g/mol. The van der Waals surface area contributed by atoms with Gasteiger partial charge in [0.2, 0.25) is 5.91 Å². The Morgan fingerprint density at radius 3 is 2.40 bits per heavy atom. The number of anilines is 1. The molecule has 0 aliphatic carbocycles. The third-order valence-electron chi connectivity index (χ3n) is 5.86. The topological polar surface area (TPSA) is 109 Å². The summed E-state index contributed by atoms with van der Waals surface area (Å²) >= 11 is 0. The van der Waals surface area contributed by atoms with E-state index in [4.69, 9.17) is 0 Å². The van der Waals surface area contributed by atoms with Crippen molar-refractivity contribution in [2.45, 2.75) is 31.2 Å². The molecule has 1 unspecified atom stereocenters. The van der Waals surface area contributed by atoms with E-state index in [0.717, 1.165) is 23.3 Å². The number of sulfone groups is 1. The van der Waals surface area contributed by atoms with Crippen LogP contribution in [0.1, 0.15) is 41.3 Å². The standard InChI is InChI=1S/C26H26N4O4S/c1-3-19-15-24(31)30(29-25(19)20-8-12-23(13-9-20)35(2,33)34)17-18-6-10-22(11-7-18)28-26(32)21-5-4-14-27-16-21/h4-14,16,19H,3,15,17H2,1-2H3,(H,28,32). The minimum atomic E-state index is -3.29. The zero-order valence-electron chi connectivity index (χ0n) is 19.5. The predicted molar refractivity (Wildman–Crippen MR) is 134 cm³/mol. The molecule has 180 valence electrons. The van der Waals surface area contributed by atoms with Crippen molar-refractivity contribution >= 4 is 33.1 Å². The molecule has 4 rings (SSSR count). The Morgan fingerprint density at radius 1 is 1.09 bits per heavy atom. The number of pyridine rings is 1. The third kappa shape index (κ3) is 5.81. The van der Waals surface area contributed by atoms with Gasteiger partial charge < -0.3 is 5.32 Å². The van der Waals surface area contributed by atoms with Crippen molar-refractivity contribution in [3.05, 3.63) is 89.7 Å². The van der Waals surface area contributed by atoms with Crippen molar-refractivity contribution in [2.75, 3.05) is 11.6 Å². The molecule has 1 N–H and O–H groups in total. The first-order chi connectivity index (χ1) is 16.7. The molecule has 2 aromatic carbocycles. The normalized spacial score (nSPS) is 16.1. The summed E-state index contributed by atoms with van der Waals surface area (Å²) in [5.41, 5.74) is 3.53. The van der Waals surface area contributed by atoms with E-state index in [2.05, 4.69) is 15.4 Å². The van der Waals surface area contributed by atoms with Crippen molar-refractivity contribution in [3.8, 4) is 0 Å². The molecule has 35 heavy (non-hydrogen) atoms. The van der Waals surface area contributed by atoms with E-state index in [1.54, 1.807) is 54.7 Å². The predicted octanol–water partition coefficient (Wildman–Crippen LogP) is 3.90. The first-order valence-corrected chi connectivity index (χ1v) is 13.1. The van der Waals surface area contributed by atoms with Crippen LogP contribution in [0.3, 0.4) is 0 Å². The van der Waals surface area contributed by atoms with Crippen molar-refractivity contribution < 1.29 is 18.0 Å². The van der Waals surface area contributed by atoms with Gasteiger partial charge in [-0.15, -0.1) is 0 Å². The number of hydrazone groups is 1. The lowest BCUT2D eigenvalue weighted by Gasteiger charge is -2.29. The van der Waals surface area contributed by atoms with E-state index in [1.807, 2.05) is 19.1 Å². The Balaban J connectivity index is 1.50. The number of rotatable bonds is 7. The highest BCUT2D eigenvalue weighted by molar-refractivity contribution is 7.90. The van der Waals surface area contributed by atoms with Crippen LogP contribution in [-0.4, -0.2) is 42.2 Å². The quantitative estimate of drug-likeness (QED) is 0.540. The van der Waals surface area contributed by atoms with Gasteiger partial charge in [-0.05, 0) is 53.9 Å². The largest absolute Gasteiger partial charge is 0.322 e. The minimum Gasteiger partial charge on any atom is -0.322 e. The smallest absolute Gasteiger partial charge is 0.257 e. The van der Waals surface area contributed by atoms with Gasteiger partial charge in [-0.1, -0.05) is 31.2 Å². The third-order valence-corrected chi connectivity index (χ3v) is 6.99. The number of nitrogens with zero attached hydrogens (tertiary/aromatic N) is 3. The van der Waals surface area contributed by atoms with Crippen molar-refractivity contribution in [1.82, 2.24) is 9.99 Å². The van der Waals surface area contributed by atoms with Crippen molar-refractivity contribution in [1.29, 1.82) is 0 Å². The van der Waals surface area contributed by atoms with E-state index in [9.17, 15) is 18.0 Å². The van der Waals surface area contributed by atoms with Crippen LogP contribution in [0.2, 0.25) is 0 Å². The first-order valence-electron chi connectivity index (χ1n) is 11.2. The van der Waals surface area contributed by atoms with Gasteiger partial charge in [-0.2, -0.15) is 5.10 Å². The Morgan fingerprint density at radius 2 is 1.80 bits per heavy atom. The molecular formula is C26H26N4O4S. The molecule has 0 bridgehead atoms. The Kier molecular flexibility index (Phi) is 7.07. The Hall–Kier alpha value is -3.85. The maximum Gasteiger partial charge on any atom is 0.257 e. The van der Waals surface area contributed by atoms with Crippen LogP contribution in [0.5, 0.6) is 0 Å². The molecule has 2 heterocycles. The van der Waals surface area contributed by atoms with Gasteiger partial charge in [0.05, 0.1) is 22.7 Å². The number of carbonyl (C=O) groups excluding carboxylic acids is 2.